The number of benzene rings is 1. The molecule has 0 unspecified atom stereocenters. The van der Waals surface area contributed by atoms with Crippen LogP contribution in [0.25, 0.3) is 0 Å². The molecule has 0 amide bonds. The summed E-state index contributed by atoms with van der Waals surface area (Å²) in [4.78, 5) is 10.3. The van der Waals surface area contributed by atoms with E-state index in [2.05, 4.69) is 0 Å². The van der Waals surface area contributed by atoms with Gasteiger partial charge in [-0.2, -0.15) is 0 Å². The van der Waals surface area contributed by atoms with E-state index >= 15 is 0 Å². The van der Waals surface area contributed by atoms with Gasteiger partial charge in [-0.15, -0.1) is 0 Å². The second-order valence-electron chi connectivity index (χ2n) is 3.40. The lowest BCUT2D eigenvalue weighted by Crippen LogP contribution is -2.11. The van der Waals surface area contributed by atoms with Crippen LogP contribution in [0.4, 0.5) is 0 Å². The second kappa shape index (κ2) is 4.21. The number of aryl methyl sites for hydroxylation is 1. The first kappa shape index (κ1) is 9.83. The Morgan fingerprint density at radius 3 is 3.20 bits per heavy atom. The number of rotatable bonds is 3. The van der Waals surface area contributed by atoms with E-state index in [0.29, 0.717) is 5.75 Å². The monoisotopic (exact) mass is 208 g/mol. The minimum absolute atomic E-state index is 0.306. The molecule has 4 nitrogen and oxygen atoms in total. The maximum Gasteiger partial charge on any atom is 0.341 e. The molecule has 80 valence electrons. The van der Waals surface area contributed by atoms with E-state index in [9.17, 15) is 4.79 Å². The first-order valence-electron chi connectivity index (χ1n) is 4.86. The zero-order valence-corrected chi connectivity index (χ0v) is 8.23. The lowest BCUT2D eigenvalue weighted by Gasteiger charge is -2.17. The number of carbonyl (C=O) groups is 1. The van der Waals surface area contributed by atoms with Gasteiger partial charge in [0.15, 0.2) is 6.61 Å². The molecule has 0 bridgehead atoms. The highest BCUT2D eigenvalue weighted by atomic mass is 16.5. The van der Waals surface area contributed by atoms with Crippen LogP contribution >= 0.6 is 0 Å². The van der Waals surface area contributed by atoms with Gasteiger partial charge in [0.2, 0.25) is 0 Å². The van der Waals surface area contributed by atoms with Crippen LogP contribution in [-0.4, -0.2) is 24.3 Å². The third kappa shape index (κ3) is 2.40. The van der Waals surface area contributed by atoms with Gasteiger partial charge >= 0.3 is 5.97 Å². The average Bonchev–Trinajstić information content (AvgIpc) is 2.26. The van der Waals surface area contributed by atoms with Gasteiger partial charge in [0.05, 0.1) is 6.61 Å². The summed E-state index contributed by atoms with van der Waals surface area (Å²) in [6.45, 7) is 0.446. The minimum atomic E-state index is -0.969. The number of fused-ring (bicyclic) bond motifs is 1. The highest BCUT2D eigenvalue weighted by Crippen LogP contribution is 2.28. The Kier molecular flexibility index (Phi) is 2.76. The smallest absolute Gasteiger partial charge is 0.341 e. The summed E-state index contributed by atoms with van der Waals surface area (Å²) in [6, 6.07) is 5.40. The molecular weight excluding hydrogens is 196 g/mol. The summed E-state index contributed by atoms with van der Waals surface area (Å²) in [5.41, 5.74) is 1.09. The largest absolute Gasteiger partial charge is 0.493 e. The first-order chi connectivity index (χ1) is 7.25. The van der Waals surface area contributed by atoms with Crippen molar-refractivity contribution in [2.24, 2.45) is 0 Å². The Hall–Kier alpha value is -1.71. The van der Waals surface area contributed by atoms with Crippen LogP contribution in [0.2, 0.25) is 0 Å². The number of ether oxygens (including phenoxy) is 2. The van der Waals surface area contributed by atoms with Crippen LogP contribution in [-0.2, 0) is 11.2 Å². The van der Waals surface area contributed by atoms with E-state index in [1.54, 1.807) is 6.07 Å². The fourth-order valence-corrected chi connectivity index (χ4v) is 1.57. The highest BCUT2D eigenvalue weighted by Gasteiger charge is 2.11. The third-order valence-electron chi connectivity index (χ3n) is 2.24. The predicted molar refractivity (Wildman–Crippen MR) is 53.4 cm³/mol. The Balaban J connectivity index is 2.10. The van der Waals surface area contributed by atoms with Gasteiger partial charge in [0, 0.05) is 0 Å². The molecule has 1 aromatic rings. The Morgan fingerprint density at radius 1 is 1.53 bits per heavy atom. The standard InChI is InChI=1S/C11H12O4/c12-11(13)7-15-9-3-4-10-8(6-9)2-1-5-14-10/h3-4,6H,1-2,5,7H2,(H,12,13). The van der Waals surface area contributed by atoms with Crippen molar-refractivity contribution in [1.82, 2.24) is 0 Å². The molecule has 0 aliphatic carbocycles. The Labute approximate surface area is 87.4 Å². The van der Waals surface area contributed by atoms with Crippen molar-refractivity contribution in [3.63, 3.8) is 0 Å². The average molecular weight is 208 g/mol. The molecule has 0 atom stereocenters. The van der Waals surface area contributed by atoms with Crippen LogP contribution in [0.3, 0.4) is 0 Å². The number of hydrogen-bond acceptors (Lipinski definition) is 3. The molecule has 0 spiro atoms. The van der Waals surface area contributed by atoms with Crippen LogP contribution in [0, 0.1) is 0 Å². The normalized spacial score (nSPS) is 13.9. The molecule has 0 radical (unpaired) electrons. The Morgan fingerprint density at radius 2 is 2.40 bits per heavy atom. The summed E-state index contributed by atoms with van der Waals surface area (Å²) in [5.74, 6) is 0.495. The quantitative estimate of drug-likeness (QED) is 0.817. The molecule has 1 heterocycles. The van der Waals surface area contributed by atoms with Gasteiger partial charge < -0.3 is 14.6 Å². The van der Waals surface area contributed by atoms with E-state index in [0.717, 1.165) is 30.8 Å². The Bertz CT molecular complexity index is 373. The number of hydrogen-bond donors (Lipinski definition) is 1. The molecule has 1 N–H and O–H groups in total. The van der Waals surface area contributed by atoms with Crippen molar-refractivity contribution in [2.45, 2.75) is 12.8 Å². The third-order valence-corrected chi connectivity index (χ3v) is 2.24. The van der Waals surface area contributed by atoms with Crippen molar-refractivity contribution in [2.75, 3.05) is 13.2 Å². The van der Waals surface area contributed by atoms with Gasteiger partial charge in [-0.05, 0) is 36.6 Å². The number of aliphatic carboxylic acids is 1. The summed E-state index contributed by atoms with van der Waals surface area (Å²) >= 11 is 0. The molecule has 0 saturated carbocycles. The molecule has 1 aromatic carbocycles. The summed E-state index contributed by atoms with van der Waals surface area (Å²) < 4.78 is 10.5. The van der Waals surface area contributed by atoms with Crippen LogP contribution in [0.1, 0.15) is 12.0 Å². The number of carboxylic acid groups (broad SMARTS) is 1. The summed E-state index contributed by atoms with van der Waals surface area (Å²) in [7, 11) is 0. The van der Waals surface area contributed by atoms with Crippen LogP contribution < -0.4 is 9.47 Å². The second-order valence-corrected chi connectivity index (χ2v) is 3.40. The SMILES string of the molecule is O=C(O)COc1ccc2c(c1)CCCO2. The lowest BCUT2D eigenvalue weighted by molar-refractivity contribution is -0.139. The molecule has 4 heteroatoms. The van der Waals surface area contributed by atoms with Crippen LogP contribution in [0.15, 0.2) is 18.2 Å². The molecule has 1 aliphatic heterocycles. The lowest BCUT2D eigenvalue weighted by atomic mass is 10.1. The van der Waals surface area contributed by atoms with E-state index in [1.807, 2.05) is 12.1 Å². The number of carboxylic acids is 1. The molecule has 0 fully saturated rings. The summed E-state index contributed by atoms with van der Waals surface area (Å²) in [6.07, 6.45) is 1.95. The molecule has 15 heavy (non-hydrogen) atoms. The van der Waals surface area contributed by atoms with Gasteiger partial charge in [0.1, 0.15) is 11.5 Å². The maximum absolute atomic E-state index is 10.3. The fraction of sp³-hybridized carbons (Fsp3) is 0.364. The molecule has 1 aliphatic rings. The van der Waals surface area contributed by atoms with Crippen molar-refractivity contribution >= 4 is 5.97 Å². The van der Waals surface area contributed by atoms with Gasteiger partial charge in [-0.25, -0.2) is 4.79 Å². The van der Waals surface area contributed by atoms with Gasteiger partial charge in [-0.1, -0.05) is 0 Å². The zero-order chi connectivity index (χ0) is 10.7. The van der Waals surface area contributed by atoms with E-state index in [4.69, 9.17) is 14.6 Å². The van der Waals surface area contributed by atoms with E-state index in [-0.39, 0.29) is 6.61 Å². The van der Waals surface area contributed by atoms with Crippen molar-refractivity contribution in [1.29, 1.82) is 0 Å². The van der Waals surface area contributed by atoms with Crippen LogP contribution in [0.5, 0.6) is 11.5 Å². The molecule has 2 rings (SSSR count). The minimum Gasteiger partial charge on any atom is -0.493 e. The molecular formula is C11H12O4. The van der Waals surface area contributed by atoms with E-state index in [1.165, 1.54) is 0 Å². The highest BCUT2D eigenvalue weighted by molar-refractivity contribution is 5.68. The van der Waals surface area contributed by atoms with Gasteiger partial charge in [0.25, 0.3) is 0 Å². The predicted octanol–water partition coefficient (Wildman–Crippen LogP) is 1.48. The van der Waals surface area contributed by atoms with Crippen molar-refractivity contribution < 1.29 is 19.4 Å². The fourth-order valence-electron chi connectivity index (χ4n) is 1.57. The topological polar surface area (TPSA) is 55.8 Å². The van der Waals surface area contributed by atoms with Crippen molar-refractivity contribution in [3.05, 3.63) is 23.8 Å². The van der Waals surface area contributed by atoms with E-state index < -0.39 is 5.97 Å². The van der Waals surface area contributed by atoms with Gasteiger partial charge in [-0.3, -0.25) is 0 Å². The molecule has 0 saturated heterocycles. The first-order valence-corrected chi connectivity index (χ1v) is 4.86. The van der Waals surface area contributed by atoms with Crippen molar-refractivity contribution in [3.8, 4) is 11.5 Å². The maximum atomic E-state index is 10.3. The summed E-state index contributed by atoms with van der Waals surface area (Å²) in [5, 5.41) is 8.46. The molecule has 0 aromatic heterocycles. The zero-order valence-electron chi connectivity index (χ0n) is 8.23.